The van der Waals surface area contributed by atoms with Gasteiger partial charge in [0.25, 0.3) is 0 Å². The number of piperidine rings is 1. The Hall–Kier alpha value is -1.89. The van der Waals surface area contributed by atoms with Crippen molar-refractivity contribution in [3.63, 3.8) is 0 Å². The van der Waals surface area contributed by atoms with E-state index in [4.69, 9.17) is 16.2 Å². The molecular formula is C18H25ClN4O2. The first-order chi connectivity index (χ1) is 11.7. The second kappa shape index (κ2) is 8.99. The van der Waals surface area contributed by atoms with Crippen LogP contribution in [0.15, 0.2) is 30.6 Å². The molecule has 3 rings (SSSR count). The largest absolute Gasteiger partial charge is 0.380 e. The Labute approximate surface area is 153 Å². The summed E-state index contributed by atoms with van der Waals surface area (Å²) in [5.74, 6) is 0.0752. The average Bonchev–Trinajstić information content (AvgIpc) is 2.61. The molecule has 0 radical (unpaired) electrons. The van der Waals surface area contributed by atoms with Crippen LogP contribution < -0.4 is 16.4 Å². The van der Waals surface area contributed by atoms with Crippen molar-refractivity contribution in [2.75, 3.05) is 37.7 Å². The number of amides is 1. The summed E-state index contributed by atoms with van der Waals surface area (Å²) in [5.41, 5.74) is 12.5. The van der Waals surface area contributed by atoms with Gasteiger partial charge in [-0.25, -0.2) is 0 Å². The average molecular weight is 365 g/mol. The first kappa shape index (κ1) is 19.4. The molecular weight excluding hydrogens is 340 g/mol. The lowest BCUT2D eigenvalue weighted by Gasteiger charge is -2.34. The van der Waals surface area contributed by atoms with E-state index < -0.39 is 5.91 Å². The van der Waals surface area contributed by atoms with E-state index in [2.05, 4.69) is 9.88 Å². The number of primary amides is 1. The number of carbonyl (C=O) groups is 1. The first-order valence-electron chi connectivity index (χ1n) is 8.39. The minimum atomic E-state index is -0.411. The Bertz CT molecular complexity index is 725. The van der Waals surface area contributed by atoms with Crippen LogP contribution in [0.2, 0.25) is 0 Å². The molecule has 1 aromatic heterocycles. The molecule has 4 N–H and O–H groups in total. The number of pyridine rings is 1. The van der Waals surface area contributed by atoms with Crippen LogP contribution in [0.25, 0.3) is 10.8 Å². The van der Waals surface area contributed by atoms with Crippen molar-refractivity contribution in [1.82, 2.24) is 4.98 Å². The molecule has 0 bridgehead atoms. The van der Waals surface area contributed by atoms with Gasteiger partial charge < -0.3 is 21.1 Å². The van der Waals surface area contributed by atoms with Crippen LogP contribution in [0.3, 0.4) is 0 Å². The highest BCUT2D eigenvalue weighted by molar-refractivity contribution is 6.01. The van der Waals surface area contributed by atoms with Gasteiger partial charge in [0.2, 0.25) is 5.91 Å². The van der Waals surface area contributed by atoms with E-state index >= 15 is 0 Å². The molecule has 1 aromatic carbocycles. The lowest BCUT2D eigenvalue weighted by Crippen LogP contribution is -2.37. The van der Waals surface area contributed by atoms with E-state index in [9.17, 15) is 4.79 Å². The van der Waals surface area contributed by atoms with Crippen LogP contribution in [-0.4, -0.2) is 43.7 Å². The van der Waals surface area contributed by atoms with Crippen molar-refractivity contribution >= 4 is 34.8 Å². The van der Waals surface area contributed by atoms with Gasteiger partial charge in [0, 0.05) is 42.2 Å². The van der Waals surface area contributed by atoms with Gasteiger partial charge in [0.15, 0.2) is 0 Å². The molecule has 0 saturated carbocycles. The van der Waals surface area contributed by atoms with Gasteiger partial charge >= 0.3 is 0 Å². The first-order valence-corrected chi connectivity index (χ1v) is 8.39. The van der Waals surface area contributed by atoms with Crippen molar-refractivity contribution in [1.29, 1.82) is 0 Å². The lowest BCUT2D eigenvalue weighted by molar-refractivity contribution is 0.0993. The van der Waals surface area contributed by atoms with Crippen molar-refractivity contribution in [3.8, 4) is 0 Å². The van der Waals surface area contributed by atoms with Gasteiger partial charge in [-0.1, -0.05) is 6.07 Å². The number of hydrogen-bond acceptors (Lipinski definition) is 5. The summed E-state index contributed by atoms with van der Waals surface area (Å²) in [6.07, 6.45) is 5.96. The van der Waals surface area contributed by atoms with Crippen molar-refractivity contribution < 1.29 is 9.53 Å². The Morgan fingerprint density at radius 2 is 2.20 bits per heavy atom. The fourth-order valence-corrected chi connectivity index (χ4v) is 3.31. The number of aromatic nitrogens is 1. The smallest absolute Gasteiger partial charge is 0.248 e. The third-order valence-electron chi connectivity index (χ3n) is 4.50. The second-order valence-corrected chi connectivity index (χ2v) is 6.28. The molecule has 1 aliphatic heterocycles. The van der Waals surface area contributed by atoms with Crippen LogP contribution in [0.1, 0.15) is 23.2 Å². The van der Waals surface area contributed by atoms with E-state index in [-0.39, 0.29) is 12.4 Å². The molecule has 1 atom stereocenters. The SMILES string of the molecule is Cl.NCCOCC1CCCN(c2cncc3ccc(C(N)=O)cc23)C1. The second-order valence-electron chi connectivity index (χ2n) is 6.28. The molecule has 2 aromatic rings. The minimum absolute atomic E-state index is 0. The number of nitrogens with two attached hydrogens (primary N) is 2. The van der Waals surface area contributed by atoms with E-state index in [0.717, 1.165) is 49.0 Å². The fraction of sp³-hybridized carbons (Fsp3) is 0.444. The van der Waals surface area contributed by atoms with E-state index in [1.807, 2.05) is 24.5 Å². The molecule has 25 heavy (non-hydrogen) atoms. The normalized spacial score (nSPS) is 17.3. The molecule has 7 heteroatoms. The number of benzene rings is 1. The van der Waals surface area contributed by atoms with Gasteiger partial charge in [-0.05, 0) is 30.9 Å². The van der Waals surface area contributed by atoms with Crippen molar-refractivity contribution in [2.24, 2.45) is 17.4 Å². The third kappa shape index (κ3) is 4.60. The number of carbonyl (C=O) groups excluding carboxylic acids is 1. The Morgan fingerprint density at radius 1 is 1.36 bits per heavy atom. The van der Waals surface area contributed by atoms with Gasteiger partial charge in [-0.15, -0.1) is 12.4 Å². The highest BCUT2D eigenvalue weighted by atomic mass is 35.5. The Balaban J connectivity index is 0.00000225. The topological polar surface area (TPSA) is 94.5 Å². The minimum Gasteiger partial charge on any atom is -0.380 e. The van der Waals surface area contributed by atoms with Gasteiger partial charge in [0.05, 0.1) is 25.1 Å². The predicted molar refractivity (Wildman–Crippen MR) is 102 cm³/mol. The maximum Gasteiger partial charge on any atom is 0.248 e. The van der Waals surface area contributed by atoms with E-state index in [1.165, 1.54) is 0 Å². The number of nitrogens with zero attached hydrogens (tertiary/aromatic N) is 2. The van der Waals surface area contributed by atoms with Crippen LogP contribution in [0, 0.1) is 5.92 Å². The zero-order valence-electron chi connectivity index (χ0n) is 14.2. The number of ether oxygens (including phenoxy) is 1. The quantitative estimate of drug-likeness (QED) is 0.764. The molecule has 1 aliphatic rings. The molecule has 1 saturated heterocycles. The molecule has 0 spiro atoms. The Kier molecular flexibility index (Phi) is 6.99. The molecule has 2 heterocycles. The van der Waals surface area contributed by atoms with Crippen molar-refractivity contribution in [2.45, 2.75) is 12.8 Å². The molecule has 6 nitrogen and oxygen atoms in total. The summed E-state index contributed by atoms with van der Waals surface area (Å²) in [5, 5.41) is 2.03. The van der Waals surface area contributed by atoms with Crippen LogP contribution >= 0.6 is 12.4 Å². The number of anilines is 1. The van der Waals surface area contributed by atoms with Crippen molar-refractivity contribution in [3.05, 3.63) is 36.2 Å². The third-order valence-corrected chi connectivity index (χ3v) is 4.50. The van der Waals surface area contributed by atoms with Crippen LogP contribution in [0.5, 0.6) is 0 Å². The molecule has 1 fully saturated rings. The zero-order chi connectivity index (χ0) is 16.9. The van der Waals surface area contributed by atoms with Gasteiger partial charge in [-0.2, -0.15) is 0 Å². The maximum atomic E-state index is 11.5. The summed E-state index contributed by atoms with van der Waals surface area (Å²) >= 11 is 0. The monoisotopic (exact) mass is 364 g/mol. The summed E-state index contributed by atoms with van der Waals surface area (Å²) in [4.78, 5) is 18.2. The fourth-order valence-electron chi connectivity index (χ4n) is 3.31. The predicted octanol–water partition coefficient (Wildman–Crippen LogP) is 1.95. The maximum absolute atomic E-state index is 11.5. The van der Waals surface area contributed by atoms with E-state index in [1.54, 1.807) is 6.07 Å². The number of rotatable bonds is 6. The summed E-state index contributed by atoms with van der Waals surface area (Å²) in [6.45, 7) is 3.80. The van der Waals surface area contributed by atoms with Gasteiger partial charge in [-0.3, -0.25) is 9.78 Å². The standard InChI is InChI=1S/C18H24N4O2.ClH/c19-5-7-24-12-13-2-1-6-22(11-13)17-10-21-9-15-4-3-14(18(20)23)8-16(15)17;/h3-4,8-10,13H,1-2,5-7,11-12,19H2,(H2,20,23);1H. The van der Waals surface area contributed by atoms with Gasteiger partial charge in [0.1, 0.15) is 0 Å². The zero-order valence-corrected chi connectivity index (χ0v) is 15.0. The summed E-state index contributed by atoms with van der Waals surface area (Å²) in [7, 11) is 0. The number of hydrogen-bond donors (Lipinski definition) is 2. The highest BCUT2D eigenvalue weighted by Gasteiger charge is 2.22. The summed E-state index contributed by atoms with van der Waals surface area (Å²) in [6, 6.07) is 5.51. The Morgan fingerprint density at radius 3 is 2.96 bits per heavy atom. The lowest BCUT2D eigenvalue weighted by atomic mass is 9.97. The van der Waals surface area contributed by atoms with Crippen LogP contribution in [0.4, 0.5) is 5.69 Å². The molecule has 136 valence electrons. The molecule has 0 aliphatic carbocycles. The number of fused-ring (bicyclic) bond motifs is 1. The molecule has 1 unspecified atom stereocenters. The van der Waals surface area contributed by atoms with Crippen LogP contribution in [-0.2, 0) is 4.74 Å². The molecule has 1 amide bonds. The highest BCUT2D eigenvalue weighted by Crippen LogP contribution is 2.30. The van der Waals surface area contributed by atoms with E-state index in [0.29, 0.717) is 24.6 Å². The summed E-state index contributed by atoms with van der Waals surface area (Å²) < 4.78 is 5.62. The number of halogens is 1.